The molecular weight excluding hydrogens is 198 g/mol. The first-order valence-electron chi connectivity index (χ1n) is 5.27. The fraction of sp³-hybridized carbons (Fsp3) is 0.800. The number of carboxylic acid groups (broad SMARTS) is 1. The maximum absolute atomic E-state index is 11.3. The van der Waals surface area contributed by atoms with Gasteiger partial charge in [0.15, 0.2) is 0 Å². The van der Waals surface area contributed by atoms with E-state index < -0.39 is 5.97 Å². The van der Waals surface area contributed by atoms with Crippen molar-refractivity contribution >= 4 is 11.9 Å². The van der Waals surface area contributed by atoms with Gasteiger partial charge >= 0.3 is 5.97 Å². The highest BCUT2D eigenvalue weighted by Gasteiger charge is 2.20. The first kappa shape index (κ1) is 12.0. The topological polar surface area (TPSA) is 86.6 Å². The van der Waals surface area contributed by atoms with Crippen molar-refractivity contribution in [3.05, 3.63) is 0 Å². The number of carbonyl (C=O) groups excluding carboxylic acids is 1. The smallest absolute Gasteiger partial charge is 0.303 e. The Kier molecular flexibility index (Phi) is 4.55. The molecule has 0 atom stereocenters. The van der Waals surface area contributed by atoms with Gasteiger partial charge in [-0.25, -0.2) is 0 Å². The SMILES string of the molecule is O=C(O)CCC(=O)NC1CCC(O)CC1. The fourth-order valence-electron chi connectivity index (χ4n) is 1.74. The minimum Gasteiger partial charge on any atom is -0.481 e. The quantitative estimate of drug-likeness (QED) is 0.628. The number of nitrogens with one attached hydrogen (secondary N) is 1. The highest BCUT2D eigenvalue weighted by molar-refractivity contribution is 5.80. The Morgan fingerprint density at radius 3 is 2.27 bits per heavy atom. The maximum atomic E-state index is 11.3. The van der Waals surface area contributed by atoms with Crippen LogP contribution in [-0.2, 0) is 9.59 Å². The Bertz CT molecular complexity index is 234. The van der Waals surface area contributed by atoms with Crippen LogP contribution in [0.15, 0.2) is 0 Å². The minimum atomic E-state index is -0.954. The Labute approximate surface area is 88.5 Å². The molecule has 5 heteroatoms. The van der Waals surface area contributed by atoms with Gasteiger partial charge in [-0.2, -0.15) is 0 Å². The molecule has 0 aromatic carbocycles. The van der Waals surface area contributed by atoms with Crippen molar-refractivity contribution in [2.45, 2.75) is 50.7 Å². The lowest BCUT2D eigenvalue weighted by Crippen LogP contribution is -2.38. The third-order valence-corrected chi connectivity index (χ3v) is 2.63. The zero-order chi connectivity index (χ0) is 11.3. The molecule has 86 valence electrons. The average molecular weight is 215 g/mol. The Morgan fingerprint density at radius 1 is 1.13 bits per heavy atom. The lowest BCUT2D eigenvalue weighted by molar-refractivity contribution is -0.139. The number of carboxylic acids is 1. The largest absolute Gasteiger partial charge is 0.481 e. The van der Waals surface area contributed by atoms with Gasteiger partial charge < -0.3 is 15.5 Å². The van der Waals surface area contributed by atoms with Crippen molar-refractivity contribution in [2.75, 3.05) is 0 Å². The lowest BCUT2D eigenvalue weighted by Gasteiger charge is -2.26. The minimum absolute atomic E-state index is 0.0361. The molecule has 5 nitrogen and oxygen atoms in total. The van der Waals surface area contributed by atoms with Crippen molar-refractivity contribution in [1.29, 1.82) is 0 Å². The number of hydrogen-bond donors (Lipinski definition) is 3. The highest BCUT2D eigenvalue weighted by atomic mass is 16.4. The summed E-state index contributed by atoms with van der Waals surface area (Å²) in [5.74, 6) is -1.16. The van der Waals surface area contributed by atoms with Crippen LogP contribution in [0.3, 0.4) is 0 Å². The molecule has 0 aromatic rings. The van der Waals surface area contributed by atoms with Gasteiger partial charge in [0, 0.05) is 12.5 Å². The molecule has 1 fully saturated rings. The second kappa shape index (κ2) is 5.70. The molecule has 1 aliphatic rings. The van der Waals surface area contributed by atoms with E-state index >= 15 is 0 Å². The number of rotatable bonds is 4. The zero-order valence-corrected chi connectivity index (χ0v) is 8.61. The van der Waals surface area contributed by atoms with E-state index in [2.05, 4.69) is 5.32 Å². The summed E-state index contributed by atoms with van der Waals surface area (Å²) >= 11 is 0. The number of amides is 1. The fourth-order valence-corrected chi connectivity index (χ4v) is 1.74. The molecule has 1 rings (SSSR count). The maximum Gasteiger partial charge on any atom is 0.303 e. The standard InChI is InChI=1S/C10H17NO4/c12-8-3-1-7(2-4-8)11-9(13)5-6-10(14)15/h7-8,12H,1-6H2,(H,11,13)(H,14,15). The first-order chi connectivity index (χ1) is 7.08. The molecule has 0 saturated heterocycles. The van der Waals surface area contributed by atoms with Gasteiger partial charge in [0.1, 0.15) is 0 Å². The number of aliphatic carboxylic acids is 1. The highest BCUT2D eigenvalue weighted by Crippen LogP contribution is 2.18. The van der Waals surface area contributed by atoms with Gasteiger partial charge in [-0.15, -0.1) is 0 Å². The second-order valence-corrected chi connectivity index (χ2v) is 3.97. The van der Waals surface area contributed by atoms with Crippen LogP contribution in [0.25, 0.3) is 0 Å². The van der Waals surface area contributed by atoms with Crippen LogP contribution >= 0.6 is 0 Å². The Hall–Kier alpha value is -1.10. The van der Waals surface area contributed by atoms with Crippen molar-refractivity contribution in [2.24, 2.45) is 0 Å². The summed E-state index contributed by atoms with van der Waals surface area (Å²) in [4.78, 5) is 21.5. The van der Waals surface area contributed by atoms with Gasteiger partial charge in [-0.05, 0) is 25.7 Å². The second-order valence-electron chi connectivity index (χ2n) is 3.97. The summed E-state index contributed by atoms with van der Waals surface area (Å²) in [6.45, 7) is 0. The first-order valence-corrected chi connectivity index (χ1v) is 5.27. The number of carbonyl (C=O) groups is 2. The molecule has 1 amide bonds. The van der Waals surface area contributed by atoms with Crippen LogP contribution in [0, 0.1) is 0 Å². The van der Waals surface area contributed by atoms with E-state index in [9.17, 15) is 14.7 Å². The summed E-state index contributed by atoms with van der Waals surface area (Å²) < 4.78 is 0. The van der Waals surface area contributed by atoms with Gasteiger partial charge in [0.2, 0.25) is 5.91 Å². The molecule has 0 aliphatic heterocycles. The number of hydrogen-bond acceptors (Lipinski definition) is 3. The van der Waals surface area contributed by atoms with Gasteiger partial charge in [-0.3, -0.25) is 9.59 Å². The molecule has 0 aromatic heterocycles. The van der Waals surface area contributed by atoms with Crippen molar-refractivity contribution in [3.63, 3.8) is 0 Å². The van der Waals surface area contributed by atoms with Crippen molar-refractivity contribution in [3.8, 4) is 0 Å². The Morgan fingerprint density at radius 2 is 1.73 bits per heavy atom. The van der Waals surface area contributed by atoms with Crippen LogP contribution in [-0.4, -0.2) is 34.2 Å². The van der Waals surface area contributed by atoms with Crippen LogP contribution in [0.4, 0.5) is 0 Å². The molecule has 0 bridgehead atoms. The average Bonchev–Trinajstić information content (AvgIpc) is 2.19. The van der Waals surface area contributed by atoms with Gasteiger partial charge in [-0.1, -0.05) is 0 Å². The van der Waals surface area contributed by atoms with Crippen LogP contribution in [0.5, 0.6) is 0 Å². The van der Waals surface area contributed by atoms with E-state index in [0.717, 1.165) is 12.8 Å². The van der Waals surface area contributed by atoms with E-state index in [4.69, 9.17) is 5.11 Å². The zero-order valence-electron chi connectivity index (χ0n) is 8.61. The molecule has 0 heterocycles. The van der Waals surface area contributed by atoms with E-state index in [1.807, 2.05) is 0 Å². The third-order valence-electron chi connectivity index (χ3n) is 2.63. The molecule has 1 saturated carbocycles. The predicted octanol–water partition coefficient (Wildman–Crippen LogP) is 0.271. The summed E-state index contributed by atoms with van der Waals surface area (Å²) in [7, 11) is 0. The van der Waals surface area contributed by atoms with E-state index in [1.54, 1.807) is 0 Å². The van der Waals surface area contributed by atoms with Crippen LogP contribution < -0.4 is 5.32 Å². The molecule has 0 spiro atoms. The summed E-state index contributed by atoms with van der Waals surface area (Å²) in [6, 6.07) is 0.106. The summed E-state index contributed by atoms with van der Waals surface area (Å²) in [5.41, 5.74) is 0. The monoisotopic (exact) mass is 215 g/mol. The third kappa shape index (κ3) is 4.78. The summed E-state index contributed by atoms with van der Waals surface area (Å²) in [5, 5.41) is 20.4. The van der Waals surface area contributed by atoms with Crippen LogP contribution in [0.1, 0.15) is 38.5 Å². The van der Waals surface area contributed by atoms with Crippen LogP contribution in [0.2, 0.25) is 0 Å². The summed E-state index contributed by atoms with van der Waals surface area (Å²) in [6.07, 6.45) is 2.65. The number of aliphatic hydroxyl groups excluding tert-OH is 1. The number of aliphatic hydroxyl groups is 1. The lowest BCUT2D eigenvalue weighted by atomic mass is 9.93. The Balaban J connectivity index is 2.17. The van der Waals surface area contributed by atoms with E-state index in [-0.39, 0.29) is 30.9 Å². The van der Waals surface area contributed by atoms with Gasteiger partial charge in [0.05, 0.1) is 12.5 Å². The molecule has 0 radical (unpaired) electrons. The molecule has 0 unspecified atom stereocenters. The molecule has 3 N–H and O–H groups in total. The molecule has 15 heavy (non-hydrogen) atoms. The van der Waals surface area contributed by atoms with Crippen molar-refractivity contribution < 1.29 is 19.8 Å². The predicted molar refractivity (Wildman–Crippen MR) is 53.3 cm³/mol. The van der Waals surface area contributed by atoms with Crippen molar-refractivity contribution in [1.82, 2.24) is 5.32 Å². The van der Waals surface area contributed by atoms with Gasteiger partial charge in [0.25, 0.3) is 0 Å². The van der Waals surface area contributed by atoms with E-state index in [1.165, 1.54) is 0 Å². The normalized spacial score (nSPS) is 25.9. The molecular formula is C10H17NO4. The van der Waals surface area contributed by atoms with E-state index in [0.29, 0.717) is 12.8 Å². The molecule has 1 aliphatic carbocycles.